The van der Waals surface area contributed by atoms with Gasteiger partial charge in [-0.1, -0.05) is 21.1 Å². The van der Waals surface area contributed by atoms with Gasteiger partial charge in [-0.2, -0.15) is 4.98 Å². The number of hydrogen-bond donors (Lipinski definition) is 1. The Kier molecular flexibility index (Phi) is 3.62. The molecule has 0 bridgehead atoms. The summed E-state index contributed by atoms with van der Waals surface area (Å²) in [6.45, 7) is 4.08. The molecule has 0 aliphatic rings. The molecule has 1 N–H and O–H groups in total. The van der Waals surface area contributed by atoms with Crippen LogP contribution >= 0.6 is 15.9 Å². The fourth-order valence-electron chi connectivity index (χ4n) is 0.801. The van der Waals surface area contributed by atoms with Crippen LogP contribution in [-0.2, 0) is 11.2 Å². The molecule has 0 radical (unpaired) electrons. The van der Waals surface area contributed by atoms with E-state index in [1.807, 2.05) is 0 Å². The number of halogens is 1. The van der Waals surface area contributed by atoms with Gasteiger partial charge in [-0.15, -0.1) is 0 Å². The Bertz CT molecular complexity index is 292. The smallest absolute Gasteiger partial charge is 0.236 e. The molecular weight excluding hydrogens is 250 g/mol. The van der Waals surface area contributed by atoms with E-state index in [1.165, 1.54) is 6.39 Å². The van der Waals surface area contributed by atoms with Crippen LogP contribution in [0.25, 0.3) is 0 Å². The molecule has 0 spiro atoms. The molecule has 0 aromatic carbocycles. The fourth-order valence-corrected chi connectivity index (χ4v) is 0.941. The lowest BCUT2D eigenvalue weighted by Gasteiger charge is -2.14. The zero-order chi connectivity index (χ0) is 10.6. The summed E-state index contributed by atoms with van der Waals surface area (Å²) in [5.41, 5.74) is 0. The number of nitrogens with zero attached hydrogens (tertiary/aromatic N) is 2. The number of alkyl halides is 1. The van der Waals surface area contributed by atoms with Crippen molar-refractivity contribution in [1.29, 1.82) is 0 Å². The van der Waals surface area contributed by atoms with Crippen LogP contribution in [0.5, 0.6) is 0 Å². The van der Waals surface area contributed by atoms with Gasteiger partial charge in [0, 0.05) is 13.0 Å². The number of rotatable bonds is 4. The van der Waals surface area contributed by atoms with E-state index >= 15 is 0 Å². The maximum Gasteiger partial charge on any atom is 0.236 e. The average Bonchev–Trinajstić information content (AvgIpc) is 2.55. The van der Waals surface area contributed by atoms with Gasteiger partial charge in [-0.05, 0) is 13.8 Å². The van der Waals surface area contributed by atoms with Crippen molar-refractivity contribution in [2.24, 2.45) is 0 Å². The predicted molar refractivity (Wildman–Crippen MR) is 54.0 cm³/mol. The highest BCUT2D eigenvalue weighted by Gasteiger charge is 2.22. The van der Waals surface area contributed by atoms with E-state index in [4.69, 9.17) is 0 Å². The largest absolute Gasteiger partial charge is 0.354 e. The molecule has 1 heterocycles. The van der Waals surface area contributed by atoms with Gasteiger partial charge in [0.15, 0.2) is 5.82 Å². The summed E-state index contributed by atoms with van der Waals surface area (Å²) < 4.78 is 4.02. The molecule has 1 rings (SSSR count). The summed E-state index contributed by atoms with van der Waals surface area (Å²) in [7, 11) is 0. The molecule has 1 aromatic heterocycles. The van der Waals surface area contributed by atoms with Crippen molar-refractivity contribution in [3.05, 3.63) is 12.2 Å². The SMILES string of the molecule is CC(C)(Br)C(=O)NCCc1ncon1. The summed E-state index contributed by atoms with van der Waals surface area (Å²) in [5, 5.41) is 6.38. The summed E-state index contributed by atoms with van der Waals surface area (Å²) in [5.74, 6) is 0.540. The molecule has 5 nitrogen and oxygen atoms in total. The van der Waals surface area contributed by atoms with Crippen molar-refractivity contribution in [1.82, 2.24) is 15.5 Å². The molecule has 1 aromatic rings. The second-order valence-corrected chi connectivity index (χ2v) is 5.31. The monoisotopic (exact) mass is 261 g/mol. The minimum absolute atomic E-state index is 0.0546. The number of hydrogen-bond acceptors (Lipinski definition) is 4. The van der Waals surface area contributed by atoms with Gasteiger partial charge >= 0.3 is 0 Å². The third-order valence-corrected chi connectivity index (χ3v) is 1.94. The Labute approximate surface area is 90.4 Å². The minimum atomic E-state index is -0.537. The Balaban J connectivity index is 2.26. The number of carbonyl (C=O) groups excluding carboxylic acids is 1. The lowest BCUT2D eigenvalue weighted by atomic mass is 10.2. The zero-order valence-corrected chi connectivity index (χ0v) is 9.67. The Morgan fingerprint density at radius 1 is 1.71 bits per heavy atom. The van der Waals surface area contributed by atoms with Gasteiger partial charge in [0.2, 0.25) is 12.3 Å². The first-order valence-electron chi connectivity index (χ1n) is 4.22. The number of carbonyl (C=O) groups is 1. The molecule has 14 heavy (non-hydrogen) atoms. The Morgan fingerprint density at radius 3 is 2.93 bits per heavy atom. The summed E-state index contributed by atoms with van der Waals surface area (Å²) >= 11 is 3.26. The molecule has 0 aliphatic carbocycles. The van der Waals surface area contributed by atoms with Crippen molar-refractivity contribution < 1.29 is 9.32 Å². The molecule has 1 amide bonds. The predicted octanol–water partition coefficient (Wildman–Crippen LogP) is 0.902. The van der Waals surface area contributed by atoms with Crippen LogP contribution in [0.4, 0.5) is 0 Å². The van der Waals surface area contributed by atoms with E-state index in [-0.39, 0.29) is 5.91 Å². The first-order valence-corrected chi connectivity index (χ1v) is 5.02. The Hall–Kier alpha value is -0.910. The number of nitrogens with one attached hydrogen (secondary N) is 1. The van der Waals surface area contributed by atoms with E-state index in [0.29, 0.717) is 18.8 Å². The van der Waals surface area contributed by atoms with E-state index in [0.717, 1.165) is 0 Å². The second-order valence-electron chi connectivity index (χ2n) is 3.33. The van der Waals surface area contributed by atoms with Gasteiger partial charge < -0.3 is 9.84 Å². The maximum absolute atomic E-state index is 11.4. The molecule has 0 saturated heterocycles. The molecule has 0 unspecified atom stereocenters. The zero-order valence-electron chi connectivity index (χ0n) is 8.08. The molecular formula is C8H12BrN3O2. The average molecular weight is 262 g/mol. The van der Waals surface area contributed by atoms with Crippen molar-refractivity contribution >= 4 is 21.8 Å². The van der Waals surface area contributed by atoms with Gasteiger partial charge in [0.1, 0.15) is 0 Å². The van der Waals surface area contributed by atoms with Crippen molar-refractivity contribution in [3.8, 4) is 0 Å². The molecule has 78 valence electrons. The standard InChI is InChI=1S/C8H12BrN3O2/c1-8(2,9)7(13)10-4-3-6-11-5-14-12-6/h5H,3-4H2,1-2H3,(H,10,13). The van der Waals surface area contributed by atoms with Crippen LogP contribution in [0, 0.1) is 0 Å². The van der Waals surface area contributed by atoms with Crippen LogP contribution in [-0.4, -0.2) is 26.9 Å². The van der Waals surface area contributed by atoms with E-state index in [2.05, 4.69) is 35.9 Å². The third kappa shape index (κ3) is 3.45. The van der Waals surface area contributed by atoms with E-state index in [1.54, 1.807) is 13.8 Å². The first-order chi connectivity index (χ1) is 6.50. The quantitative estimate of drug-likeness (QED) is 0.818. The number of amides is 1. The van der Waals surface area contributed by atoms with Crippen molar-refractivity contribution in [2.75, 3.05) is 6.54 Å². The lowest BCUT2D eigenvalue weighted by Crippen LogP contribution is -2.38. The fraction of sp³-hybridized carbons (Fsp3) is 0.625. The summed E-state index contributed by atoms with van der Waals surface area (Å²) in [6.07, 6.45) is 1.84. The molecule has 0 saturated carbocycles. The van der Waals surface area contributed by atoms with Crippen molar-refractivity contribution in [2.45, 2.75) is 24.6 Å². The molecule has 0 atom stereocenters. The third-order valence-electron chi connectivity index (χ3n) is 1.58. The lowest BCUT2D eigenvalue weighted by molar-refractivity contribution is -0.122. The minimum Gasteiger partial charge on any atom is -0.354 e. The Morgan fingerprint density at radius 2 is 2.43 bits per heavy atom. The summed E-state index contributed by atoms with van der Waals surface area (Å²) in [4.78, 5) is 15.2. The normalized spacial score (nSPS) is 11.4. The van der Waals surface area contributed by atoms with E-state index in [9.17, 15) is 4.79 Å². The molecule has 0 fully saturated rings. The van der Waals surface area contributed by atoms with Gasteiger partial charge in [-0.3, -0.25) is 4.79 Å². The van der Waals surface area contributed by atoms with Gasteiger partial charge in [0.25, 0.3) is 0 Å². The van der Waals surface area contributed by atoms with Gasteiger partial charge in [0.05, 0.1) is 4.32 Å². The van der Waals surface area contributed by atoms with Crippen LogP contribution < -0.4 is 5.32 Å². The maximum atomic E-state index is 11.4. The first kappa shape index (κ1) is 11.2. The highest BCUT2D eigenvalue weighted by Crippen LogP contribution is 2.14. The van der Waals surface area contributed by atoms with Crippen molar-refractivity contribution in [3.63, 3.8) is 0 Å². The summed E-state index contributed by atoms with van der Waals surface area (Å²) in [6, 6.07) is 0. The number of aromatic nitrogens is 2. The van der Waals surface area contributed by atoms with E-state index < -0.39 is 4.32 Å². The topological polar surface area (TPSA) is 68.0 Å². The molecule has 0 aliphatic heterocycles. The van der Waals surface area contributed by atoms with Gasteiger partial charge in [-0.25, -0.2) is 0 Å². The second kappa shape index (κ2) is 4.54. The molecule has 6 heteroatoms. The highest BCUT2D eigenvalue weighted by molar-refractivity contribution is 9.10. The van der Waals surface area contributed by atoms with Crippen LogP contribution in [0.3, 0.4) is 0 Å². The highest BCUT2D eigenvalue weighted by atomic mass is 79.9. The van der Waals surface area contributed by atoms with Crippen LogP contribution in [0.2, 0.25) is 0 Å². The van der Waals surface area contributed by atoms with Crippen LogP contribution in [0.1, 0.15) is 19.7 Å². The van der Waals surface area contributed by atoms with Crippen LogP contribution in [0.15, 0.2) is 10.9 Å².